The van der Waals surface area contributed by atoms with Gasteiger partial charge in [0.25, 0.3) is 0 Å². The van der Waals surface area contributed by atoms with E-state index in [-0.39, 0.29) is 11.7 Å². The largest absolute Gasteiger partial charge is 0.340 e. The summed E-state index contributed by atoms with van der Waals surface area (Å²) in [6.07, 6.45) is 0.521. The molecule has 4 nitrogen and oxygen atoms in total. The molecule has 116 valence electrons. The van der Waals surface area contributed by atoms with Crippen molar-refractivity contribution in [3.8, 4) is 0 Å². The Morgan fingerprint density at radius 1 is 1.19 bits per heavy atom. The monoisotopic (exact) mass is 293 g/mol. The molecule has 1 N–H and O–H groups in total. The van der Waals surface area contributed by atoms with Crippen LogP contribution < -0.4 is 5.32 Å². The van der Waals surface area contributed by atoms with Crippen molar-refractivity contribution in [3.05, 3.63) is 35.6 Å². The number of halogens is 1. The van der Waals surface area contributed by atoms with Gasteiger partial charge in [-0.25, -0.2) is 4.39 Å². The van der Waals surface area contributed by atoms with Gasteiger partial charge in [0.1, 0.15) is 5.82 Å². The van der Waals surface area contributed by atoms with Crippen molar-refractivity contribution < 1.29 is 9.18 Å². The van der Waals surface area contributed by atoms with E-state index in [1.165, 1.54) is 12.1 Å². The van der Waals surface area contributed by atoms with E-state index in [0.29, 0.717) is 19.5 Å². The summed E-state index contributed by atoms with van der Waals surface area (Å²) in [6.45, 7) is 8.16. The zero-order chi connectivity index (χ0) is 15.1. The predicted octanol–water partition coefficient (Wildman–Crippen LogP) is 1.47. The number of amides is 1. The Morgan fingerprint density at radius 3 is 2.48 bits per heavy atom. The lowest BCUT2D eigenvalue weighted by atomic mass is 10.2. The number of rotatable bonds is 6. The third kappa shape index (κ3) is 5.10. The van der Waals surface area contributed by atoms with Crippen LogP contribution in [-0.2, 0) is 11.3 Å². The highest BCUT2D eigenvalue weighted by atomic mass is 19.1. The van der Waals surface area contributed by atoms with E-state index >= 15 is 0 Å². The van der Waals surface area contributed by atoms with Crippen LogP contribution in [0.3, 0.4) is 0 Å². The van der Waals surface area contributed by atoms with E-state index < -0.39 is 0 Å². The normalized spacial score (nSPS) is 16.2. The van der Waals surface area contributed by atoms with Crippen LogP contribution >= 0.6 is 0 Å². The van der Waals surface area contributed by atoms with Gasteiger partial charge in [0, 0.05) is 45.7 Å². The van der Waals surface area contributed by atoms with E-state index in [4.69, 9.17) is 0 Å². The maximum absolute atomic E-state index is 12.8. The van der Waals surface area contributed by atoms with E-state index in [9.17, 15) is 9.18 Å². The maximum atomic E-state index is 12.8. The molecule has 0 atom stereocenters. The van der Waals surface area contributed by atoms with Gasteiger partial charge in [0.15, 0.2) is 0 Å². The molecular formula is C16H24FN3O. The van der Waals surface area contributed by atoms with Gasteiger partial charge < -0.3 is 15.1 Å². The summed E-state index contributed by atoms with van der Waals surface area (Å²) in [4.78, 5) is 16.4. The third-order valence-electron chi connectivity index (χ3n) is 3.93. The fourth-order valence-corrected chi connectivity index (χ4v) is 2.50. The Bertz CT molecular complexity index is 441. The van der Waals surface area contributed by atoms with E-state index in [1.807, 2.05) is 4.90 Å². The third-order valence-corrected chi connectivity index (χ3v) is 3.93. The Labute approximate surface area is 125 Å². The van der Waals surface area contributed by atoms with E-state index in [1.54, 1.807) is 12.1 Å². The molecule has 0 radical (unpaired) electrons. The number of nitrogens with zero attached hydrogens (tertiary/aromatic N) is 2. The van der Waals surface area contributed by atoms with Gasteiger partial charge >= 0.3 is 0 Å². The SMILES string of the molecule is CCN1CCN(C(=O)CCNCc2ccc(F)cc2)CC1. The van der Waals surface area contributed by atoms with Crippen molar-refractivity contribution in [2.24, 2.45) is 0 Å². The molecule has 21 heavy (non-hydrogen) atoms. The van der Waals surface area contributed by atoms with Crippen LogP contribution in [0.25, 0.3) is 0 Å². The summed E-state index contributed by atoms with van der Waals surface area (Å²) in [7, 11) is 0. The van der Waals surface area contributed by atoms with Crippen LogP contribution in [0.5, 0.6) is 0 Å². The summed E-state index contributed by atoms with van der Waals surface area (Å²) in [5.74, 6) is -0.00231. The van der Waals surface area contributed by atoms with Gasteiger partial charge in [-0.3, -0.25) is 4.79 Å². The molecule has 0 saturated carbocycles. The fourth-order valence-electron chi connectivity index (χ4n) is 2.50. The number of likely N-dealkylation sites (N-methyl/N-ethyl adjacent to an activating group) is 1. The number of piperazine rings is 1. The lowest BCUT2D eigenvalue weighted by Gasteiger charge is -2.34. The second-order valence-corrected chi connectivity index (χ2v) is 5.37. The first-order valence-electron chi connectivity index (χ1n) is 7.64. The summed E-state index contributed by atoms with van der Waals surface area (Å²) >= 11 is 0. The van der Waals surface area contributed by atoms with Gasteiger partial charge in [-0.05, 0) is 24.2 Å². The predicted molar refractivity (Wildman–Crippen MR) is 81.4 cm³/mol. The topological polar surface area (TPSA) is 35.6 Å². The van der Waals surface area contributed by atoms with E-state index in [2.05, 4.69) is 17.1 Å². The van der Waals surface area contributed by atoms with Crippen molar-refractivity contribution in [2.75, 3.05) is 39.3 Å². The molecule has 0 aromatic heterocycles. The lowest BCUT2D eigenvalue weighted by Crippen LogP contribution is -2.48. The molecule has 1 aliphatic rings. The average Bonchev–Trinajstić information content (AvgIpc) is 2.53. The Balaban J connectivity index is 1.62. The van der Waals surface area contributed by atoms with E-state index in [0.717, 1.165) is 38.3 Å². The van der Waals surface area contributed by atoms with Crippen LogP contribution in [0, 0.1) is 5.82 Å². The Hall–Kier alpha value is -1.46. The fraction of sp³-hybridized carbons (Fsp3) is 0.562. The van der Waals surface area contributed by atoms with Crippen LogP contribution in [0.1, 0.15) is 18.9 Å². The molecule has 0 bridgehead atoms. The first kappa shape index (κ1) is 15.9. The van der Waals surface area contributed by atoms with Gasteiger partial charge in [-0.1, -0.05) is 19.1 Å². The standard InChI is InChI=1S/C16H24FN3O/c1-2-19-9-11-20(12-10-19)16(21)7-8-18-13-14-3-5-15(17)6-4-14/h3-6,18H,2,7-13H2,1H3. The molecule has 5 heteroatoms. The first-order chi connectivity index (χ1) is 10.2. The number of hydrogen-bond acceptors (Lipinski definition) is 3. The highest BCUT2D eigenvalue weighted by Gasteiger charge is 2.19. The molecule has 1 heterocycles. The molecule has 1 aromatic carbocycles. The number of benzene rings is 1. The van der Waals surface area contributed by atoms with Crippen molar-refractivity contribution in [1.29, 1.82) is 0 Å². The second-order valence-electron chi connectivity index (χ2n) is 5.37. The molecule has 1 amide bonds. The molecule has 1 aliphatic heterocycles. The summed E-state index contributed by atoms with van der Waals surface area (Å²) < 4.78 is 12.8. The summed E-state index contributed by atoms with van der Waals surface area (Å²) in [5, 5.41) is 3.23. The zero-order valence-corrected chi connectivity index (χ0v) is 12.6. The molecule has 1 saturated heterocycles. The highest BCUT2D eigenvalue weighted by Crippen LogP contribution is 2.04. The number of carbonyl (C=O) groups excluding carboxylic acids is 1. The molecule has 1 fully saturated rings. The number of carbonyl (C=O) groups is 1. The number of nitrogens with one attached hydrogen (secondary N) is 1. The van der Waals surface area contributed by atoms with Gasteiger partial charge in [0.2, 0.25) is 5.91 Å². The van der Waals surface area contributed by atoms with Gasteiger partial charge in [-0.15, -0.1) is 0 Å². The quantitative estimate of drug-likeness (QED) is 0.807. The van der Waals surface area contributed by atoms with Gasteiger partial charge in [-0.2, -0.15) is 0 Å². The molecule has 0 spiro atoms. The first-order valence-corrected chi connectivity index (χ1v) is 7.64. The maximum Gasteiger partial charge on any atom is 0.223 e. The lowest BCUT2D eigenvalue weighted by molar-refractivity contribution is -0.132. The molecular weight excluding hydrogens is 269 g/mol. The van der Waals surface area contributed by atoms with Crippen molar-refractivity contribution in [2.45, 2.75) is 19.9 Å². The van der Waals surface area contributed by atoms with Crippen LogP contribution in [0.2, 0.25) is 0 Å². The average molecular weight is 293 g/mol. The van der Waals surface area contributed by atoms with Crippen molar-refractivity contribution >= 4 is 5.91 Å². The van der Waals surface area contributed by atoms with Crippen LogP contribution in [0.15, 0.2) is 24.3 Å². The van der Waals surface area contributed by atoms with Crippen LogP contribution in [0.4, 0.5) is 4.39 Å². The van der Waals surface area contributed by atoms with Crippen molar-refractivity contribution in [1.82, 2.24) is 15.1 Å². The molecule has 2 rings (SSSR count). The zero-order valence-electron chi connectivity index (χ0n) is 12.6. The van der Waals surface area contributed by atoms with Crippen LogP contribution in [-0.4, -0.2) is 55.0 Å². The minimum Gasteiger partial charge on any atom is -0.340 e. The van der Waals surface area contributed by atoms with Crippen molar-refractivity contribution in [3.63, 3.8) is 0 Å². The minimum atomic E-state index is -0.222. The number of hydrogen-bond donors (Lipinski definition) is 1. The molecule has 1 aromatic rings. The molecule has 0 unspecified atom stereocenters. The Morgan fingerprint density at radius 2 is 1.86 bits per heavy atom. The Kier molecular flexibility index (Phi) is 6.14. The highest BCUT2D eigenvalue weighted by molar-refractivity contribution is 5.76. The van der Waals surface area contributed by atoms with Gasteiger partial charge in [0.05, 0.1) is 0 Å². The minimum absolute atomic E-state index is 0.220. The summed E-state index contributed by atoms with van der Waals surface area (Å²) in [5.41, 5.74) is 1.03. The second kappa shape index (κ2) is 8.10. The smallest absolute Gasteiger partial charge is 0.223 e. The summed E-state index contributed by atoms with van der Waals surface area (Å²) in [6, 6.07) is 6.42. The molecule has 0 aliphatic carbocycles.